The monoisotopic (exact) mass is 268 g/mol. The minimum atomic E-state index is -0.518. The highest BCUT2D eigenvalue weighted by molar-refractivity contribution is 6.05. The number of aryl methyl sites for hydroxylation is 2. The second kappa shape index (κ2) is 5.57. The maximum absolute atomic E-state index is 12.2. The van der Waals surface area contributed by atoms with E-state index in [0.29, 0.717) is 16.8 Å². The molecule has 0 spiro atoms. The lowest BCUT2D eigenvalue weighted by molar-refractivity contribution is 0.0996. The van der Waals surface area contributed by atoms with Crippen molar-refractivity contribution in [2.24, 2.45) is 5.73 Å². The summed E-state index contributed by atoms with van der Waals surface area (Å²) in [4.78, 5) is 23.3. The number of benzene rings is 2. The number of anilines is 1. The molecule has 0 fully saturated rings. The third kappa shape index (κ3) is 3.03. The summed E-state index contributed by atoms with van der Waals surface area (Å²) >= 11 is 0. The van der Waals surface area contributed by atoms with Crippen LogP contribution in [0.1, 0.15) is 31.8 Å². The normalized spacial score (nSPS) is 10.1. The van der Waals surface area contributed by atoms with Crippen LogP contribution in [-0.2, 0) is 0 Å². The van der Waals surface area contributed by atoms with E-state index in [1.807, 2.05) is 32.0 Å². The largest absolute Gasteiger partial charge is 0.366 e. The maximum atomic E-state index is 12.2. The molecule has 3 N–H and O–H groups in total. The van der Waals surface area contributed by atoms with Gasteiger partial charge in [0.05, 0.1) is 0 Å². The molecule has 2 rings (SSSR count). The first-order chi connectivity index (χ1) is 9.47. The van der Waals surface area contributed by atoms with E-state index in [2.05, 4.69) is 5.32 Å². The number of hydrogen-bond donors (Lipinski definition) is 2. The molecule has 0 heterocycles. The summed E-state index contributed by atoms with van der Waals surface area (Å²) in [5.41, 5.74) is 8.67. The second-order valence-electron chi connectivity index (χ2n) is 4.72. The highest BCUT2D eigenvalue weighted by Crippen LogP contribution is 2.18. The molecule has 0 aliphatic heterocycles. The van der Waals surface area contributed by atoms with Crippen molar-refractivity contribution in [1.29, 1.82) is 0 Å². The van der Waals surface area contributed by atoms with Crippen molar-refractivity contribution >= 4 is 17.5 Å². The number of primary amides is 1. The van der Waals surface area contributed by atoms with Crippen LogP contribution in [0.2, 0.25) is 0 Å². The molecule has 20 heavy (non-hydrogen) atoms. The Morgan fingerprint density at radius 3 is 2.40 bits per heavy atom. The van der Waals surface area contributed by atoms with E-state index in [1.165, 1.54) is 0 Å². The Hall–Kier alpha value is -2.62. The molecule has 4 heteroatoms. The first-order valence-corrected chi connectivity index (χ1v) is 6.26. The Kier molecular flexibility index (Phi) is 3.84. The third-order valence-corrected chi connectivity index (χ3v) is 3.05. The van der Waals surface area contributed by atoms with Crippen molar-refractivity contribution < 1.29 is 9.59 Å². The van der Waals surface area contributed by atoms with Crippen molar-refractivity contribution in [2.45, 2.75) is 13.8 Å². The highest BCUT2D eigenvalue weighted by atomic mass is 16.2. The van der Waals surface area contributed by atoms with E-state index < -0.39 is 5.91 Å². The summed E-state index contributed by atoms with van der Waals surface area (Å²) in [6.07, 6.45) is 0. The molecule has 0 bridgehead atoms. The number of nitrogens with one attached hydrogen (secondary N) is 1. The van der Waals surface area contributed by atoms with Crippen molar-refractivity contribution in [1.82, 2.24) is 0 Å². The maximum Gasteiger partial charge on any atom is 0.255 e. The molecule has 0 radical (unpaired) electrons. The van der Waals surface area contributed by atoms with E-state index in [4.69, 9.17) is 5.73 Å². The lowest BCUT2D eigenvalue weighted by atomic mass is 10.1. The molecule has 0 aliphatic carbocycles. The van der Waals surface area contributed by atoms with Gasteiger partial charge in [0.25, 0.3) is 5.91 Å². The first kappa shape index (κ1) is 13.8. The van der Waals surface area contributed by atoms with Gasteiger partial charge in [-0.05, 0) is 43.7 Å². The summed E-state index contributed by atoms with van der Waals surface area (Å²) in [5.74, 6) is -0.727. The molecular weight excluding hydrogens is 252 g/mol. The molecule has 4 nitrogen and oxygen atoms in total. The second-order valence-corrected chi connectivity index (χ2v) is 4.72. The van der Waals surface area contributed by atoms with Crippen LogP contribution in [0, 0.1) is 13.8 Å². The van der Waals surface area contributed by atoms with Gasteiger partial charge in [-0.2, -0.15) is 0 Å². The number of rotatable bonds is 3. The van der Waals surface area contributed by atoms with Crippen molar-refractivity contribution in [2.75, 3.05) is 5.32 Å². The number of nitrogens with two attached hydrogens (primary N) is 1. The summed E-state index contributed by atoms with van der Waals surface area (Å²) in [7, 11) is 0. The summed E-state index contributed by atoms with van der Waals surface area (Å²) < 4.78 is 0. The predicted molar refractivity (Wildman–Crippen MR) is 78.8 cm³/mol. The van der Waals surface area contributed by atoms with Crippen LogP contribution < -0.4 is 11.1 Å². The lowest BCUT2D eigenvalue weighted by Gasteiger charge is -2.10. The van der Waals surface area contributed by atoms with Crippen molar-refractivity contribution in [3.05, 3.63) is 64.7 Å². The summed E-state index contributed by atoms with van der Waals surface area (Å²) in [6.45, 7) is 3.78. The highest BCUT2D eigenvalue weighted by Gasteiger charge is 2.10. The number of carbonyl (C=O) groups excluding carboxylic acids is 2. The van der Waals surface area contributed by atoms with Crippen molar-refractivity contribution in [3.63, 3.8) is 0 Å². The molecule has 2 aromatic rings. The Balaban J connectivity index is 2.27. The van der Waals surface area contributed by atoms with Gasteiger partial charge in [-0.3, -0.25) is 9.59 Å². The van der Waals surface area contributed by atoms with E-state index >= 15 is 0 Å². The number of amides is 2. The molecule has 0 unspecified atom stereocenters. The quantitative estimate of drug-likeness (QED) is 0.898. The van der Waals surface area contributed by atoms with E-state index in [1.54, 1.807) is 24.3 Å². The SMILES string of the molecule is Cc1cccc(C(=O)Nc2cc(C(N)=O)ccc2C)c1. The zero-order valence-electron chi connectivity index (χ0n) is 11.4. The van der Waals surface area contributed by atoms with Gasteiger partial charge in [-0.1, -0.05) is 23.8 Å². The van der Waals surface area contributed by atoms with Gasteiger partial charge in [-0.15, -0.1) is 0 Å². The fourth-order valence-corrected chi connectivity index (χ4v) is 1.89. The Morgan fingerprint density at radius 1 is 1.00 bits per heavy atom. The lowest BCUT2D eigenvalue weighted by Crippen LogP contribution is -2.15. The van der Waals surface area contributed by atoms with Crippen LogP contribution >= 0.6 is 0 Å². The third-order valence-electron chi connectivity index (χ3n) is 3.05. The Morgan fingerprint density at radius 2 is 1.75 bits per heavy atom. The van der Waals surface area contributed by atoms with E-state index in [-0.39, 0.29) is 5.91 Å². The fraction of sp³-hybridized carbons (Fsp3) is 0.125. The van der Waals surface area contributed by atoms with Crippen LogP contribution in [0.15, 0.2) is 42.5 Å². The molecule has 0 atom stereocenters. The molecule has 0 aliphatic rings. The molecule has 2 amide bonds. The number of carbonyl (C=O) groups is 2. The first-order valence-electron chi connectivity index (χ1n) is 6.26. The molecule has 0 saturated carbocycles. The zero-order valence-corrected chi connectivity index (χ0v) is 11.4. The van der Waals surface area contributed by atoms with E-state index in [9.17, 15) is 9.59 Å². The van der Waals surface area contributed by atoms with Gasteiger partial charge < -0.3 is 11.1 Å². The molecule has 0 aromatic heterocycles. The van der Waals surface area contributed by atoms with Crippen LogP contribution in [-0.4, -0.2) is 11.8 Å². The van der Waals surface area contributed by atoms with Crippen LogP contribution in [0.3, 0.4) is 0 Å². The van der Waals surface area contributed by atoms with Gasteiger partial charge in [0.2, 0.25) is 5.91 Å². The summed E-state index contributed by atoms with van der Waals surface area (Å²) in [6, 6.07) is 12.3. The molecule has 102 valence electrons. The summed E-state index contributed by atoms with van der Waals surface area (Å²) in [5, 5.41) is 2.80. The Bertz CT molecular complexity index is 678. The number of hydrogen-bond acceptors (Lipinski definition) is 2. The predicted octanol–water partition coefficient (Wildman–Crippen LogP) is 2.65. The minimum Gasteiger partial charge on any atom is -0.366 e. The average Bonchev–Trinajstić information content (AvgIpc) is 2.41. The van der Waals surface area contributed by atoms with Crippen LogP contribution in [0.25, 0.3) is 0 Å². The van der Waals surface area contributed by atoms with Gasteiger partial charge in [0.15, 0.2) is 0 Å². The smallest absolute Gasteiger partial charge is 0.255 e. The van der Waals surface area contributed by atoms with Gasteiger partial charge in [-0.25, -0.2) is 0 Å². The van der Waals surface area contributed by atoms with Gasteiger partial charge in [0, 0.05) is 16.8 Å². The van der Waals surface area contributed by atoms with Crippen LogP contribution in [0.5, 0.6) is 0 Å². The molecule has 2 aromatic carbocycles. The topological polar surface area (TPSA) is 72.2 Å². The minimum absolute atomic E-state index is 0.210. The van der Waals surface area contributed by atoms with Gasteiger partial charge in [0.1, 0.15) is 0 Å². The van der Waals surface area contributed by atoms with E-state index in [0.717, 1.165) is 11.1 Å². The Labute approximate surface area is 117 Å². The average molecular weight is 268 g/mol. The standard InChI is InChI=1S/C16H16N2O2/c1-10-4-3-5-13(8-10)16(20)18-14-9-12(15(17)19)7-6-11(14)2/h3-9H,1-2H3,(H2,17,19)(H,18,20). The van der Waals surface area contributed by atoms with Crippen LogP contribution in [0.4, 0.5) is 5.69 Å². The zero-order chi connectivity index (χ0) is 14.7. The molecule has 0 saturated heterocycles. The molecular formula is C16H16N2O2. The van der Waals surface area contributed by atoms with Gasteiger partial charge >= 0.3 is 0 Å². The van der Waals surface area contributed by atoms with Crippen molar-refractivity contribution in [3.8, 4) is 0 Å². The fourth-order valence-electron chi connectivity index (χ4n) is 1.89.